The number of ether oxygens (including phenoxy) is 1. The van der Waals surface area contributed by atoms with Crippen molar-refractivity contribution in [1.82, 2.24) is 10.2 Å². The van der Waals surface area contributed by atoms with E-state index in [4.69, 9.17) is 4.74 Å². The first-order chi connectivity index (χ1) is 14.0. The van der Waals surface area contributed by atoms with E-state index in [0.717, 1.165) is 11.3 Å². The Bertz CT molecular complexity index is 879. The van der Waals surface area contributed by atoms with Gasteiger partial charge in [-0.25, -0.2) is 4.39 Å². The Balaban J connectivity index is 1.52. The number of hydrogen-bond donors (Lipinski definition) is 1. The second-order valence-corrected chi connectivity index (χ2v) is 6.97. The molecule has 154 valence electrons. The molecule has 3 rings (SSSR count). The van der Waals surface area contributed by atoms with E-state index in [1.165, 1.54) is 13.2 Å². The molecule has 0 spiro atoms. The summed E-state index contributed by atoms with van der Waals surface area (Å²) in [4.78, 5) is 28.3. The van der Waals surface area contributed by atoms with Crippen molar-refractivity contribution < 1.29 is 18.7 Å². The number of amides is 2. The van der Waals surface area contributed by atoms with Crippen molar-refractivity contribution in [2.24, 2.45) is 0 Å². The van der Waals surface area contributed by atoms with Gasteiger partial charge in [0, 0.05) is 57.0 Å². The fraction of sp³-hybridized carbons (Fsp3) is 0.364. The maximum Gasteiger partial charge on any atom is 0.251 e. The molecule has 0 atom stereocenters. The van der Waals surface area contributed by atoms with Crippen molar-refractivity contribution in [3.8, 4) is 5.75 Å². The Morgan fingerprint density at radius 3 is 2.55 bits per heavy atom. The van der Waals surface area contributed by atoms with Gasteiger partial charge in [-0.2, -0.15) is 0 Å². The van der Waals surface area contributed by atoms with Gasteiger partial charge in [0.1, 0.15) is 0 Å². The predicted molar refractivity (Wildman–Crippen MR) is 110 cm³/mol. The SMILES string of the molecule is CNC(=O)c1cccc(CCC(=O)N2CCN(c3ccc(F)c(OC)c3)CC2)c1. The smallest absolute Gasteiger partial charge is 0.251 e. The van der Waals surface area contributed by atoms with Gasteiger partial charge in [-0.05, 0) is 36.2 Å². The number of benzene rings is 2. The second kappa shape index (κ2) is 9.41. The molecule has 0 unspecified atom stereocenters. The van der Waals surface area contributed by atoms with Crippen molar-refractivity contribution in [1.29, 1.82) is 0 Å². The number of anilines is 1. The highest BCUT2D eigenvalue weighted by Crippen LogP contribution is 2.25. The zero-order valence-corrected chi connectivity index (χ0v) is 16.8. The average Bonchev–Trinajstić information content (AvgIpc) is 2.77. The molecule has 2 amide bonds. The van der Waals surface area contributed by atoms with Crippen LogP contribution in [0.4, 0.5) is 10.1 Å². The summed E-state index contributed by atoms with van der Waals surface area (Å²) in [6.07, 6.45) is 1.00. The summed E-state index contributed by atoms with van der Waals surface area (Å²) < 4.78 is 18.6. The zero-order chi connectivity index (χ0) is 20.8. The van der Waals surface area contributed by atoms with Crippen LogP contribution in [0.15, 0.2) is 42.5 Å². The Hall–Kier alpha value is -3.09. The highest BCUT2D eigenvalue weighted by molar-refractivity contribution is 5.94. The van der Waals surface area contributed by atoms with Gasteiger partial charge in [0.25, 0.3) is 5.91 Å². The molecule has 1 fully saturated rings. The van der Waals surface area contributed by atoms with E-state index in [1.807, 2.05) is 23.1 Å². The van der Waals surface area contributed by atoms with Gasteiger partial charge in [-0.3, -0.25) is 9.59 Å². The Kier molecular flexibility index (Phi) is 6.69. The van der Waals surface area contributed by atoms with Gasteiger partial charge in [-0.15, -0.1) is 0 Å². The monoisotopic (exact) mass is 399 g/mol. The molecule has 2 aromatic rings. The number of methoxy groups -OCH3 is 1. The van der Waals surface area contributed by atoms with Gasteiger partial charge >= 0.3 is 0 Å². The van der Waals surface area contributed by atoms with Gasteiger partial charge < -0.3 is 19.9 Å². The number of carbonyl (C=O) groups is 2. The molecule has 29 heavy (non-hydrogen) atoms. The van der Waals surface area contributed by atoms with Crippen molar-refractivity contribution in [2.45, 2.75) is 12.8 Å². The van der Waals surface area contributed by atoms with E-state index in [1.54, 1.807) is 25.2 Å². The quantitative estimate of drug-likeness (QED) is 0.811. The van der Waals surface area contributed by atoms with E-state index in [2.05, 4.69) is 10.2 Å². The molecule has 7 heteroatoms. The van der Waals surface area contributed by atoms with Crippen LogP contribution in [0.25, 0.3) is 0 Å². The molecule has 0 bridgehead atoms. The molecule has 6 nitrogen and oxygen atoms in total. The molecule has 0 radical (unpaired) electrons. The van der Waals surface area contributed by atoms with E-state index in [0.29, 0.717) is 44.6 Å². The summed E-state index contributed by atoms with van der Waals surface area (Å²) in [7, 11) is 3.04. The molecule has 1 aliphatic rings. The third-order valence-corrected chi connectivity index (χ3v) is 5.18. The molecule has 1 N–H and O–H groups in total. The van der Waals surface area contributed by atoms with Crippen LogP contribution in [0.1, 0.15) is 22.3 Å². The van der Waals surface area contributed by atoms with Crippen LogP contribution in [0.5, 0.6) is 5.75 Å². The first-order valence-electron chi connectivity index (χ1n) is 9.69. The second-order valence-electron chi connectivity index (χ2n) is 6.97. The summed E-state index contributed by atoms with van der Waals surface area (Å²) >= 11 is 0. The summed E-state index contributed by atoms with van der Waals surface area (Å²) in [6.45, 7) is 2.62. The van der Waals surface area contributed by atoms with Crippen LogP contribution in [-0.2, 0) is 11.2 Å². The number of carbonyl (C=O) groups excluding carboxylic acids is 2. The first kappa shape index (κ1) is 20.6. The van der Waals surface area contributed by atoms with Crippen LogP contribution in [-0.4, -0.2) is 57.1 Å². The number of aryl methyl sites for hydroxylation is 1. The van der Waals surface area contributed by atoms with Crippen LogP contribution < -0.4 is 15.0 Å². The Morgan fingerprint density at radius 1 is 1.10 bits per heavy atom. The number of hydrogen-bond acceptors (Lipinski definition) is 4. The van der Waals surface area contributed by atoms with Gasteiger partial charge in [0.05, 0.1) is 7.11 Å². The molecule has 0 aliphatic carbocycles. The lowest BCUT2D eigenvalue weighted by Gasteiger charge is -2.36. The molecule has 0 aromatic heterocycles. The normalized spacial score (nSPS) is 13.9. The van der Waals surface area contributed by atoms with Gasteiger partial charge in [0.2, 0.25) is 5.91 Å². The third kappa shape index (κ3) is 5.04. The molecule has 1 aliphatic heterocycles. The number of nitrogens with one attached hydrogen (secondary N) is 1. The summed E-state index contributed by atoms with van der Waals surface area (Å²) in [5, 5.41) is 2.61. The molecule has 0 saturated carbocycles. The zero-order valence-electron chi connectivity index (χ0n) is 16.8. The summed E-state index contributed by atoms with van der Waals surface area (Å²) in [5.74, 6) is -0.191. The topological polar surface area (TPSA) is 61.9 Å². The lowest BCUT2D eigenvalue weighted by molar-refractivity contribution is -0.131. The van der Waals surface area contributed by atoms with Crippen molar-refractivity contribution in [2.75, 3.05) is 45.2 Å². The first-order valence-corrected chi connectivity index (χ1v) is 9.69. The average molecular weight is 399 g/mol. The number of rotatable bonds is 6. The maximum atomic E-state index is 13.6. The van der Waals surface area contributed by atoms with Crippen LogP contribution in [0.3, 0.4) is 0 Å². The van der Waals surface area contributed by atoms with Crippen molar-refractivity contribution in [3.63, 3.8) is 0 Å². The molecule has 2 aromatic carbocycles. The van der Waals surface area contributed by atoms with Crippen molar-refractivity contribution in [3.05, 3.63) is 59.4 Å². The number of nitrogens with zero attached hydrogens (tertiary/aromatic N) is 2. The molecule has 1 heterocycles. The maximum absolute atomic E-state index is 13.6. The summed E-state index contributed by atoms with van der Waals surface area (Å²) in [6, 6.07) is 12.2. The molecular weight excluding hydrogens is 373 g/mol. The van der Waals surface area contributed by atoms with Gasteiger partial charge in [-0.1, -0.05) is 12.1 Å². The van der Waals surface area contributed by atoms with E-state index in [-0.39, 0.29) is 23.4 Å². The minimum absolute atomic E-state index is 0.103. The lowest BCUT2D eigenvalue weighted by Crippen LogP contribution is -2.48. The Morgan fingerprint density at radius 2 is 1.86 bits per heavy atom. The van der Waals surface area contributed by atoms with E-state index < -0.39 is 0 Å². The fourth-order valence-electron chi connectivity index (χ4n) is 3.48. The largest absolute Gasteiger partial charge is 0.494 e. The molecule has 1 saturated heterocycles. The van der Waals surface area contributed by atoms with Crippen LogP contribution in [0.2, 0.25) is 0 Å². The predicted octanol–water partition coefficient (Wildman–Crippen LogP) is 2.48. The van der Waals surface area contributed by atoms with E-state index >= 15 is 0 Å². The van der Waals surface area contributed by atoms with Gasteiger partial charge in [0.15, 0.2) is 11.6 Å². The number of halogens is 1. The van der Waals surface area contributed by atoms with Crippen LogP contribution in [0, 0.1) is 5.82 Å². The fourth-order valence-corrected chi connectivity index (χ4v) is 3.48. The lowest BCUT2D eigenvalue weighted by atomic mass is 10.1. The molecular formula is C22H26FN3O3. The Labute approximate surface area is 170 Å². The summed E-state index contributed by atoms with van der Waals surface area (Å²) in [5.41, 5.74) is 2.46. The van der Waals surface area contributed by atoms with Crippen LogP contribution >= 0.6 is 0 Å². The van der Waals surface area contributed by atoms with E-state index in [9.17, 15) is 14.0 Å². The highest BCUT2D eigenvalue weighted by atomic mass is 19.1. The minimum Gasteiger partial charge on any atom is -0.494 e. The third-order valence-electron chi connectivity index (χ3n) is 5.18. The highest BCUT2D eigenvalue weighted by Gasteiger charge is 2.22. The standard InChI is InChI=1S/C22H26FN3O3/c1-24-22(28)17-5-3-4-16(14-17)6-9-21(27)26-12-10-25(11-13-26)18-7-8-19(23)20(15-18)29-2/h3-5,7-8,14-15H,6,9-13H2,1-2H3,(H,24,28). The number of piperazine rings is 1. The van der Waals surface area contributed by atoms with Crippen molar-refractivity contribution >= 4 is 17.5 Å². The minimum atomic E-state index is -0.384.